The Labute approximate surface area is 123 Å². The third-order valence-corrected chi connectivity index (χ3v) is 4.50. The molecule has 0 radical (unpaired) electrons. The number of hydrogen-bond acceptors (Lipinski definition) is 5. The molecule has 3 rings (SSSR count). The van der Waals surface area contributed by atoms with Crippen molar-refractivity contribution in [2.45, 2.75) is 31.2 Å². The molecule has 0 aliphatic heterocycles. The van der Waals surface area contributed by atoms with Crippen LogP contribution >= 0.6 is 11.8 Å². The Morgan fingerprint density at radius 1 is 1.45 bits per heavy atom. The highest BCUT2D eigenvalue weighted by Gasteiger charge is 2.28. The quantitative estimate of drug-likeness (QED) is 0.917. The number of benzene rings is 1. The van der Waals surface area contributed by atoms with Crippen LogP contribution in [0.15, 0.2) is 28.8 Å². The molecule has 0 spiro atoms. The van der Waals surface area contributed by atoms with E-state index in [2.05, 4.69) is 40.7 Å². The first-order valence-corrected chi connectivity index (χ1v) is 8.35. The van der Waals surface area contributed by atoms with Crippen LogP contribution in [-0.2, 0) is 6.42 Å². The Hall–Kier alpha value is -1.33. The summed E-state index contributed by atoms with van der Waals surface area (Å²) in [4.78, 5) is 4.53. The fourth-order valence-electron chi connectivity index (χ4n) is 2.73. The van der Waals surface area contributed by atoms with Gasteiger partial charge in [-0.1, -0.05) is 29.4 Å². The molecular weight excluding hydrogens is 270 g/mol. The van der Waals surface area contributed by atoms with Crippen LogP contribution < -0.4 is 5.73 Å². The summed E-state index contributed by atoms with van der Waals surface area (Å²) in [7, 11) is 0. The Morgan fingerprint density at radius 3 is 3.15 bits per heavy atom. The van der Waals surface area contributed by atoms with E-state index in [4.69, 9.17) is 10.3 Å². The SMILES string of the molecule is CSCCC(N)c1nc(C2CCc3ccccc32)no1. The van der Waals surface area contributed by atoms with E-state index in [0.717, 1.165) is 30.8 Å². The average molecular weight is 289 g/mol. The highest BCUT2D eigenvalue weighted by molar-refractivity contribution is 7.98. The number of nitrogens with zero attached hydrogens (tertiary/aromatic N) is 2. The Bertz CT molecular complexity index is 584. The van der Waals surface area contributed by atoms with Gasteiger partial charge in [-0.05, 0) is 42.4 Å². The lowest BCUT2D eigenvalue weighted by Crippen LogP contribution is -2.12. The summed E-state index contributed by atoms with van der Waals surface area (Å²) in [5, 5.41) is 4.15. The van der Waals surface area contributed by atoms with Crippen molar-refractivity contribution in [1.82, 2.24) is 10.1 Å². The minimum absolute atomic E-state index is 0.152. The molecule has 106 valence electrons. The van der Waals surface area contributed by atoms with E-state index in [9.17, 15) is 0 Å². The second kappa shape index (κ2) is 5.97. The van der Waals surface area contributed by atoms with Crippen LogP contribution in [0.2, 0.25) is 0 Å². The molecule has 1 aliphatic carbocycles. The first-order valence-electron chi connectivity index (χ1n) is 6.95. The maximum absolute atomic E-state index is 6.08. The second-order valence-electron chi connectivity index (χ2n) is 5.17. The van der Waals surface area contributed by atoms with Crippen molar-refractivity contribution in [2.24, 2.45) is 5.73 Å². The number of thioether (sulfide) groups is 1. The number of aryl methyl sites for hydroxylation is 1. The van der Waals surface area contributed by atoms with E-state index < -0.39 is 0 Å². The standard InChI is InChI=1S/C15H19N3OS/c1-20-9-8-13(16)15-17-14(18-19-15)12-7-6-10-4-2-3-5-11(10)12/h2-5,12-13H,6-9,16H2,1H3. The molecule has 2 aromatic rings. The molecule has 4 nitrogen and oxygen atoms in total. The maximum Gasteiger partial charge on any atom is 0.243 e. The lowest BCUT2D eigenvalue weighted by Gasteiger charge is -2.06. The van der Waals surface area contributed by atoms with Crippen molar-refractivity contribution < 1.29 is 4.52 Å². The highest BCUT2D eigenvalue weighted by atomic mass is 32.2. The largest absolute Gasteiger partial charge is 0.338 e. The van der Waals surface area contributed by atoms with Crippen molar-refractivity contribution in [1.29, 1.82) is 0 Å². The Kier molecular flexibility index (Phi) is 4.08. The number of rotatable bonds is 5. The Balaban J connectivity index is 1.78. The third kappa shape index (κ3) is 2.60. The van der Waals surface area contributed by atoms with Crippen LogP contribution in [0.4, 0.5) is 0 Å². The first-order chi connectivity index (χ1) is 9.79. The van der Waals surface area contributed by atoms with Gasteiger partial charge in [-0.2, -0.15) is 16.7 Å². The van der Waals surface area contributed by atoms with Gasteiger partial charge in [0, 0.05) is 5.92 Å². The van der Waals surface area contributed by atoms with Crippen LogP contribution in [0, 0.1) is 0 Å². The van der Waals surface area contributed by atoms with Gasteiger partial charge in [0.05, 0.1) is 6.04 Å². The fourth-order valence-corrected chi connectivity index (χ4v) is 3.22. The molecule has 0 bridgehead atoms. The van der Waals surface area contributed by atoms with E-state index in [1.54, 1.807) is 11.8 Å². The number of nitrogens with two attached hydrogens (primary N) is 1. The molecule has 2 unspecified atom stereocenters. The lowest BCUT2D eigenvalue weighted by molar-refractivity contribution is 0.347. The van der Waals surface area contributed by atoms with Crippen LogP contribution in [0.3, 0.4) is 0 Å². The molecular formula is C15H19N3OS. The smallest absolute Gasteiger partial charge is 0.243 e. The van der Waals surface area contributed by atoms with Crippen LogP contribution in [-0.4, -0.2) is 22.1 Å². The van der Waals surface area contributed by atoms with Gasteiger partial charge < -0.3 is 10.3 Å². The number of hydrogen-bond donors (Lipinski definition) is 1. The zero-order valence-electron chi connectivity index (χ0n) is 11.6. The fraction of sp³-hybridized carbons (Fsp3) is 0.467. The zero-order chi connectivity index (χ0) is 13.9. The van der Waals surface area contributed by atoms with Crippen molar-refractivity contribution in [3.63, 3.8) is 0 Å². The predicted octanol–water partition coefficient (Wildman–Crippen LogP) is 2.90. The molecule has 20 heavy (non-hydrogen) atoms. The van der Waals surface area contributed by atoms with Gasteiger partial charge in [0.1, 0.15) is 0 Å². The summed E-state index contributed by atoms with van der Waals surface area (Å²) < 4.78 is 5.36. The predicted molar refractivity (Wildman–Crippen MR) is 80.8 cm³/mol. The molecule has 1 aromatic heterocycles. The van der Waals surface area contributed by atoms with E-state index >= 15 is 0 Å². The topological polar surface area (TPSA) is 64.9 Å². The van der Waals surface area contributed by atoms with Gasteiger partial charge in [0.25, 0.3) is 0 Å². The normalized spacial score (nSPS) is 19.0. The van der Waals surface area contributed by atoms with E-state index in [1.807, 2.05) is 0 Å². The van der Waals surface area contributed by atoms with Gasteiger partial charge in [-0.3, -0.25) is 0 Å². The number of fused-ring (bicyclic) bond motifs is 1. The Morgan fingerprint density at radius 2 is 2.30 bits per heavy atom. The summed E-state index contributed by atoms with van der Waals surface area (Å²) >= 11 is 1.78. The minimum Gasteiger partial charge on any atom is -0.338 e. The minimum atomic E-state index is -0.152. The van der Waals surface area contributed by atoms with Crippen LogP contribution in [0.1, 0.15) is 47.6 Å². The zero-order valence-corrected chi connectivity index (χ0v) is 12.4. The molecule has 0 saturated carbocycles. The second-order valence-corrected chi connectivity index (χ2v) is 6.15. The summed E-state index contributed by atoms with van der Waals surface area (Å²) in [6.07, 6.45) is 5.08. The summed E-state index contributed by atoms with van der Waals surface area (Å²) in [6.45, 7) is 0. The molecule has 1 heterocycles. The summed E-state index contributed by atoms with van der Waals surface area (Å²) in [6, 6.07) is 8.35. The lowest BCUT2D eigenvalue weighted by atomic mass is 10.0. The molecule has 0 amide bonds. The van der Waals surface area contributed by atoms with E-state index in [0.29, 0.717) is 5.89 Å². The van der Waals surface area contributed by atoms with E-state index in [1.165, 1.54) is 11.1 Å². The molecule has 0 fully saturated rings. The van der Waals surface area contributed by atoms with E-state index in [-0.39, 0.29) is 12.0 Å². The molecule has 5 heteroatoms. The van der Waals surface area contributed by atoms with Crippen molar-refractivity contribution in [2.75, 3.05) is 12.0 Å². The average Bonchev–Trinajstić information content (AvgIpc) is 3.10. The first kappa shape index (κ1) is 13.6. The van der Waals surface area contributed by atoms with Gasteiger partial charge >= 0.3 is 0 Å². The van der Waals surface area contributed by atoms with Crippen molar-refractivity contribution in [3.05, 3.63) is 47.1 Å². The third-order valence-electron chi connectivity index (χ3n) is 3.85. The van der Waals surface area contributed by atoms with Gasteiger partial charge in [0.15, 0.2) is 5.82 Å². The van der Waals surface area contributed by atoms with Gasteiger partial charge in [0.2, 0.25) is 5.89 Å². The summed E-state index contributed by atoms with van der Waals surface area (Å²) in [5.74, 6) is 2.62. The van der Waals surface area contributed by atoms with Crippen LogP contribution in [0.25, 0.3) is 0 Å². The summed E-state index contributed by atoms with van der Waals surface area (Å²) in [5.41, 5.74) is 8.81. The maximum atomic E-state index is 6.08. The molecule has 2 atom stereocenters. The molecule has 0 saturated heterocycles. The molecule has 1 aromatic carbocycles. The number of aromatic nitrogens is 2. The molecule has 1 aliphatic rings. The highest BCUT2D eigenvalue weighted by Crippen LogP contribution is 2.36. The van der Waals surface area contributed by atoms with Crippen molar-refractivity contribution >= 4 is 11.8 Å². The molecule has 2 N–H and O–H groups in total. The van der Waals surface area contributed by atoms with Gasteiger partial charge in [-0.15, -0.1) is 0 Å². The van der Waals surface area contributed by atoms with Crippen molar-refractivity contribution in [3.8, 4) is 0 Å². The van der Waals surface area contributed by atoms with Crippen LogP contribution in [0.5, 0.6) is 0 Å². The monoisotopic (exact) mass is 289 g/mol. The van der Waals surface area contributed by atoms with Gasteiger partial charge in [-0.25, -0.2) is 0 Å².